The highest BCUT2D eigenvalue weighted by Crippen LogP contribution is 2.22. The highest BCUT2D eigenvalue weighted by Gasteiger charge is 2.44. The summed E-state index contributed by atoms with van der Waals surface area (Å²) in [6.07, 6.45) is 65.4. The van der Waals surface area contributed by atoms with E-state index in [1.807, 2.05) is 6.08 Å². The number of nitrogens with one attached hydrogen (secondary N) is 1. The maximum atomic E-state index is 13.0. The molecule has 0 bridgehead atoms. The van der Waals surface area contributed by atoms with Crippen molar-refractivity contribution < 1.29 is 39.8 Å². The molecule has 1 fully saturated rings. The third kappa shape index (κ3) is 38.0. The average Bonchev–Trinajstić information content (AvgIpc) is 3.35. The lowest BCUT2D eigenvalue weighted by Crippen LogP contribution is -2.60. The molecular formula is C60H99NO8. The van der Waals surface area contributed by atoms with E-state index in [1.165, 1.54) is 70.6 Å². The lowest BCUT2D eigenvalue weighted by molar-refractivity contribution is -0.302. The zero-order chi connectivity index (χ0) is 50.1. The van der Waals surface area contributed by atoms with E-state index in [1.54, 1.807) is 6.08 Å². The number of allylic oxidation sites excluding steroid dienone is 19. The van der Waals surface area contributed by atoms with Gasteiger partial charge in [-0.2, -0.15) is 0 Å². The van der Waals surface area contributed by atoms with Crippen molar-refractivity contribution in [1.29, 1.82) is 0 Å². The Bertz CT molecular complexity index is 1490. The minimum Gasteiger partial charge on any atom is -0.394 e. The molecule has 0 spiro atoms. The van der Waals surface area contributed by atoms with Crippen LogP contribution < -0.4 is 5.32 Å². The molecule has 0 aromatic heterocycles. The van der Waals surface area contributed by atoms with Gasteiger partial charge >= 0.3 is 0 Å². The number of aliphatic hydroxyl groups is 5. The molecule has 1 aliphatic rings. The summed E-state index contributed by atoms with van der Waals surface area (Å²) in [4.78, 5) is 13.0. The van der Waals surface area contributed by atoms with Crippen molar-refractivity contribution in [2.75, 3.05) is 13.2 Å². The number of rotatable bonds is 44. The topological polar surface area (TPSA) is 149 Å². The Morgan fingerprint density at radius 1 is 0.507 bits per heavy atom. The Morgan fingerprint density at radius 3 is 1.39 bits per heavy atom. The van der Waals surface area contributed by atoms with Gasteiger partial charge in [0.05, 0.1) is 25.4 Å². The predicted molar refractivity (Wildman–Crippen MR) is 290 cm³/mol. The fraction of sp³-hybridized carbons (Fsp3) is 0.650. The molecule has 1 aliphatic heterocycles. The summed E-state index contributed by atoms with van der Waals surface area (Å²) in [7, 11) is 0. The highest BCUT2D eigenvalue weighted by atomic mass is 16.7. The molecule has 0 saturated carbocycles. The average molecular weight is 962 g/mol. The highest BCUT2D eigenvalue weighted by molar-refractivity contribution is 5.76. The monoisotopic (exact) mass is 962 g/mol. The van der Waals surface area contributed by atoms with Crippen LogP contribution in [0.4, 0.5) is 0 Å². The maximum absolute atomic E-state index is 13.0. The van der Waals surface area contributed by atoms with Crippen LogP contribution >= 0.6 is 0 Å². The Balaban J connectivity index is 2.23. The van der Waals surface area contributed by atoms with Crippen molar-refractivity contribution in [3.05, 3.63) is 122 Å². The van der Waals surface area contributed by atoms with Gasteiger partial charge in [-0.15, -0.1) is 0 Å². The first-order valence-electron chi connectivity index (χ1n) is 27.3. The predicted octanol–water partition coefficient (Wildman–Crippen LogP) is 13.2. The lowest BCUT2D eigenvalue weighted by Gasteiger charge is -2.40. The van der Waals surface area contributed by atoms with Gasteiger partial charge in [0.1, 0.15) is 24.4 Å². The van der Waals surface area contributed by atoms with Crippen LogP contribution in [-0.4, -0.2) is 87.5 Å². The van der Waals surface area contributed by atoms with E-state index in [2.05, 4.69) is 129 Å². The maximum Gasteiger partial charge on any atom is 0.220 e. The molecule has 0 aromatic rings. The molecule has 69 heavy (non-hydrogen) atoms. The van der Waals surface area contributed by atoms with Crippen LogP contribution in [0, 0.1) is 0 Å². The summed E-state index contributed by atoms with van der Waals surface area (Å²) in [5.74, 6) is -0.202. The number of hydrogen-bond acceptors (Lipinski definition) is 8. The second-order valence-corrected chi connectivity index (χ2v) is 18.3. The standard InChI is InChI=1S/C60H99NO8/c1-3-5-7-9-11-13-15-17-18-19-20-21-22-23-24-25-26-27-28-29-30-31-32-33-34-35-36-38-40-42-44-46-48-50-56(64)61-53(52-68-60-59(67)58(66)57(65)55(51-62)69-60)54(63)49-47-45-43-41-39-37-16-14-12-10-8-6-4-2/h5,7,11,13,17-18,20-21,23-24,26-27,29-30,32-33,39,41,47,49,53-55,57-60,62-63,65-67H,3-4,6,8-10,12,14-16,19,22,25,28,31,34-38,40,42-46,48,50-52H2,1-2H3,(H,61,64)/b7-5-,13-11-,18-17-,21-20-,24-23-,27-26-,30-29-,33-32-,41-39+,49-47+. The molecule has 0 aliphatic carbocycles. The summed E-state index contributed by atoms with van der Waals surface area (Å²) in [6.45, 7) is 3.61. The molecule has 1 amide bonds. The van der Waals surface area contributed by atoms with E-state index >= 15 is 0 Å². The van der Waals surface area contributed by atoms with Gasteiger partial charge < -0.3 is 40.3 Å². The quantitative estimate of drug-likeness (QED) is 0.0261. The van der Waals surface area contributed by atoms with Gasteiger partial charge in [0.2, 0.25) is 5.91 Å². The largest absolute Gasteiger partial charge is 0.394 e. The van der Waals surface area contributed by atoms with Crippen molar-refractivity contribution >= 4 is 5.91 Å². The Morgan fingerprint density at radius 2 is 0.913 bits per heavy atom. The summed E-state index contributed by atoms with van der Waals surface area (Å²) >= 11 is 0. The molecule has 7 atom stereocenters. The minimum absolute atomic E-state index is 0.202. The Labute approximate surface area is 420 Å². The van der Waals surface area contributed by atoms with E-state index in [0.717, 1.165) is 103 Å². The van der Waals surface area contributed by atoms with Gasteiger partial charge in [-0.25, -0.2) is 0 Å². The van der Waals surface area contributed by atoms with Gasteiger partial charge in [0.15, 0.2) is 6.29 Å². The second-order valence-electron chi connectivity index (χ2n) is 18.3. The third-order valence-corrected chi connectivity index (χ3v) is 12.0. The lowest BCUT2D eigenvalue weighted by atomic mass is 9.99. The van der Waals surface area contributed by atoms with Gasteiger partial charge in [-0.1, -0.05) is 212 Å². The molecular weight excluding hydrogens is 863 g/mol. The van der Waals surface area contributed by atoms with Crippen molar-refractivity contribution in [1.82, 2.24) is 5.32 Å². The van der Waals surface area contributed by atoms with Gasteiger partial charge in [0.25, 0.3) is 0 Å². The van der Waals surface area contributed by atoms with E-state index < -0.39 is 49.5 Å². The molecule has 1 rings (SSSR count). The first-order valence-corrected chi connectivity index (χ1v) is 27.3. The number of aliphatic hydroxyl groups excluding tert-OH is 5. The van der Waals surface area contributed by atoms with Crippen LogP contribution in [0.25, 0.3) is 0 Å². The molecule has 6 N–H and O–H groups in total. The summed E-state index contributed by atoms with van der Waals surface area (Å²) in [5.41, 5.74) is 0. The number of hydrogen-bond donors (Lipinski definition) is 6. The second kappa shape index (κ2) is 48.2. The first-order chi connectivity index (χ1) is 33.8. The SMILES string of the molecule is CC/C=C\C/C=C\C/C=C\C/C=C\C/C=C\C/C=C\C/C=C\C/C=C\CCCCCCCCCCC(=O)NC(COC1OC(CO)C(O)C(O)C1O)C(O)/C=C/CC/C=C/CCCCCCCCC. The van der Waals surface area contributed by atoms with Crippen LogP contribution in [0.5, 0.6) is 0 Å². The summed E-state index contributed by atoms with van der Waals surface area (Å²) < 4.78 is 11.2. The van der Waals surface area contributed by atoms with Gasteiger partial charge in [0, 0.05) is 6.42 Å². The van der Waals surface area contributed by atoms with Gasteiger partial charge in [-0.05, 0) is 96.3 Å². The number of carbonyl (C=O) groups excluding carboxylic acids is 1. The van der Waals surface area contributed by atoms with E-state index in [4.69, 9.17) is 9.47 Å². The molecule has 0 radical (unpaired) electrons. The molecule has 9 nitrogen and oxygen atoms in total. The van der Waals surface area contributed by atoms with Crippen LogP contribution in [-0.2, 0) is 14.3 Å². The Hall–Kier alpha value is -3.41. The van der Waals surface area contributed by atoms with Crippen molar-refractivity contribution in [2.24, 2.45) is 0 Å². The summed E-state index contributed by atoms with van der Waals surface area (Å²) in [6, 6.07) is -0.834. The minimum atomic E-state index is -1.58. The van der Waals surface area contributed by atoms with E-state index in [0.29, 0.717) is 6.42 Å². The summed E-state index contributed by atoms with van der Waals surface area (Å²) in [5, 5.41) is 54.3. The van der Waals surface area contributed by atoms with Crippen LogP contribution in [0.2, 0.25) is 0 Å². The van der Waals surface area contributed by atoms with Gasteiger partial charge in [-0.3, -0.25) is 4.79 Å². The molecule has 7 unspecified atom stereocenters. The number of amides is 1. The molecule has 392 valence electrons. The van der Waals surface area contributed by atoms with Crippen LogP contribution in [0.15, 0.2) is 122 Å². The Kier molecular flexibility index (Phi) is 44.5. The van der Waals surface area contributed by atoms with Crippen molar-refractivity contribution in [3.8, 4) is 0 Å². The zero-order valence-electron chi connectivity index (χ0n) is 43.3. The van der Waals surface area contributed by atoms with Crippen LogP contribution in [0.1, 0.15) is 194 Å². The fourth-order valence-corrected chi connectivity index (χ4v) is 7.72. The molecule has 0 aromatic carbocycles. The molecule has 1 heterocycles. The smallest absolute Gasteiger partial charge is 0.220 e. The molecule has 9 heteroatoms. The van der Waals surface area contributed by atoms with Crippen molar-refractivity contribution in [3.63, 3.8) is 0 Å². The van der Waals surface area contributed by atoms with Crippen molar-refractivity contribution in [2.45, 2.75) is 236 Å². The number of unbranched alkanes of at least 4 members (excludes halogenated alkanes) is 16. The normalized spacial score (nSPS) is 20.5. The van der Waals surface area contributed by atoms with E-state index in [9.17, 15) is 30.3 Å². The number of ether oxygens (including phenoxy) is 2. The zero-order valence-corrected chi connectivity index (χ0v) is 43.3. The number of carbonyl (C=O) groups is 1. The first kappa shape index (κ1) is 63.6. The van der Waals surface area contributed by atoms with Crippen LogP contribution in [0.3, 0.4) is 0 Å². The van der Waals surface area contributed by atoms with E-state index in [-0.39, 0.29) is 12.5 Å². The third-order valence-electron chi connectivity index (χ3n) is 12.0. The fourth-order valence-electron chi connectivity index (χ4n) is 7.72. The molecule has 1 saturated heterocycles.